The van der Waals surface area contributed by atoms with Crippen molar-refractivity contribution in [3.8, 4) is 17.1 Å². The number of rotatable bonds is 16. The van der Waals surface area contributed by atoms with Crippen LogP contribution in [0.4, 0.5) is 8.78 Å². The quantitative estimate of drug-likeness (QED) is 0.255. The standard InChI is InChI=1S/C26H38F2N2O/c1-3-5-7-8-9-10-11-21-13-15-22(16-14-21)26-29-18-25(19-30-26)31-20-24(28)17-23(27)12-6-4-2/h13-16,18-19,23-24H,3-12,17,20H2,1-2H3. The molecule has 0 aliphatic rings. The molecule has 0 spiro atoms. The maximum absolute atomic E-state index is 13.9. The third kappa shape index (κ3) is 10.2. The van der Waals surface area contributed by atoms with E-state index >= 15 is 0 Å². The summed E-state index contributed by atoms with van der Waals surface area (Å²) in [7, 11) is 0. The van der Waals surface area contributed by atoms with E-state index in [1.165, 1.54) is 44.1 Å². The first-order valence-electron chi connectivity index (χ1n) is 11.9. The van der Waals surface area contributed by atoms with Crippen molar-refractivity contribution in [1.82, 2.24) is 9.97 Å². The largest absolute Gasteiger partial charge is 0.487 e. The molecule has 0 saturated carbocycles. The highest BCUT2D eigenvalue weighted by Crippen LogP contribution is 2.19. The van der Waals surface area contributed by atoms with Crippen molar-refractivity contribution in [2.24, 2.45) is 0 Å². The summed E-state index contributed by atoms with van der Waals surface area (Å²) in [5.41, 5.74) is 2.27. The van der Waals surface area contributed by atoms with Crippen LogP contribution < -0.4 is 4.74 Å². The van der Waals surface area contributed by atoms with Crippen molar-refractivity contribution in [2.45, 2.75) is 96.8 Å². The summed E-state index contributed by atoms with van der Waals surface area (Å²) in [6, 6.07) is 8.35. The number of nitrogens with zero attached hydrogens (tertiary/aromatic N) is 2. The first-order chi connectivity index (χ1) is 15.1. The van der Waals surface area contributed by atoms with Gasteiger partial charge in [-0.1, -0.05) is 83.1 Å². The summed E-state index contributed by atoms with van der Waals surface area (Å²) in [6.45, 7) is 4.06. The van der Waals surface area contributed by atoms with E-state index in [1.807, 2.05) is 19.1 Å². The molecule has 0 amide bonds. The molecule has 3 nitrogen and oxygen atoms in total. The van der Waals surface area contributed by atoms with Gasteiger partial charge >= 0.3 is 0 Å². The average molecular weight is 433 g/mol. The zero-order chi connectivity index (χ0) is 22.3. The molecule has 0 aliphatic heterocycles. The molecule has 2 atom stereocenters. The van der Waals surface area contributed by atoms with Crippen molar-refractivity contribution in [3.63, 3.8) is 0 Å². The highest BCUT2D eigenvalue weighted by Gasteiger charge is 2.16. The van der Waals surface area contributed by atoms with Crippen molar-refractivity contribution in [2.75, 3.05) is 6.61 Å². The number of aryl methyl sites for hydroxylation is 1. The number of ether oxygens (including phenoxy) is 1. The van der Waals surface area contributed by atoms with Gasteiger partial charge in [-0.25, -0.2) is 18.7 Å². The molecule has 5 heteroatoms. The van der Waals surface area contributed by atoms with Gasteiger partial charge in [-0.2, -0.15) is 0 Å². The van der Waals surface area contributed by atoms with E-state index in [2.05, 4.69) is 29.0 Å². The molecule has 2 unspecified atom stereocenters. The Bertz CT molecular complexity index is 706. The van der Waals surface area contributed by atoms with Crippen LogP contribution in [0.2, 0.25) is 0 Å². The first-order valence-corrected chi connectivity index (χ1v) is 11.9. The SMILES string of the molecule is CCCCCCCCc1ccc(-c2ncc(OCC(F)CC(F)CCCC)cn2)cc1. The van der Waals surface area contributed by atoms with Gasteiger partial charge in [0.05, 0.1) is 12.4 Å². The Morgan fingerprint density at radius 2 is 1.45 bits per heavy atom. The van der Waals surface area contributed by atoms with E-state index in [0.29, 0.717) is 18.0 Å². The minimum absolute atomic E-state index is 0.121. The molecule has 2 aromatic rings. The number of unbranched alkanes of at least 4 members (excludes halogenated alkanes) is 6. The lowest BCUT2D eigenvalue weighted by Crippen LogP contribution is -2.18. The third-order valence-corrected chi connectivity index (χ3v) is 5.47. The van der Waals surface area contributed by atoms with Crippen LogP contribution in [0.3, 0.4) is 0 Å². The fourth-order valence-electron chi connectivity index (χ4n) is 3.55. The van der Waals surface area contributed by atoms with Crippen molar-refractivity contribution < 1.29 is 13.5 Å². The molecule has 0 bridgehead atoms. The van der Waals surface area contributed by atoms with Gasteiger partial charge < -0.3 is 4.74 Å². The summed E-state index contributed by atoms with van der Waals surface area (Å²) in [5, 5.41) is 0. The Morgan fingerprint density at radius 3 is 2.13 bits per heavy atom. The molecule has 1 heterocycles. The topological polar surface area (TPSA) is 35.0 Å². The van der Waals surface area contributed by atoms with Gasteiger partial charge in [-0.3, -0.25) is 0 Å². The van der Waals surface area contributed by atoms with Crippen LogP contribution >= 0.6 is 0 Å². The Hall–Kier alpha value is -2.04. The monoisotopic (exact) mass is 432 g/mol. The second-order valence-electron chi connectivity index (χ2n) is 8.34. The fraction of sp³-hybridized carbons (Fsp3) is 0.615. The molecular weight excluding hydrogens is 394 g/mol. The summed E-state index contributed by atoms with van der Waals surface area (Å²) >= 11 is 0. The van der Waals surface area contributed by atoms with E-state index < -0.39 is 12.3 Å². The lowest BCUT2D eigenvalue weighted by molar-refractivity contribution is 0.146. The van der Waals surface area contributed by atoms with Gasteiger partial charge in [0.2, 0.25) is 0 Å². The Kier molecular flexibility index (Phi) is 12.1. The summed E-state index contributed by atoms with van der Waals surface area (Å²) in [6.07, 6.45) is 11.5. The Morgan fingerprint density at radius 1 is 0.806 bits per heavy atom. The second-order valence-corrected chi connectivity index (χ2v) is 8.34. The number of hydrogen-bond acceptors (Lipinski definition) is 3. The van der Waals surface area contributed by atoms with Crippen LogP contribution in [0.5, 0.6) is 5.75 Å². The normalized spacial score (nSPS) is 13.2. The minimum Gasteiger partial charge on any atom is -0.487 e. The maximum atomic E-state index is 13.9. The third-order valence-electron chi connectivity index (χ3n) is 5.47. The minimum atomic E-state index is -1.33. The molecular formula is C26H38F2N2O. The molecule has 1 aromatic heterocycles. The van der Waals surface area contributed by atoms with Gasteiger partial charge in [-0.05, 0) is 24.8 Å². The zero-order valence-corrected chi connectivity index (χ0v) is 19.2. The molecule has 0 N–H and O–H groups in total. The highest BCUT2D eigenvalue weighted by molar-refractivity contribution is 5.55. The molecule has 0 fully saturated rings. The highest BCUT2D eigenvalue weighted by atomic mass is 19.1. The summed E-state index contributed by atoms with van der Waals surface area (Å²) in [5.74, 6) is 1.01. The van der Waals surface area contributed by atoms with E-state index in [1.54, 1.807) is 12.4 Å². The number of aromatic nitrogens is 2. The average Bonchev–Trinajstić information content (AvgIpc) is 2.79. The molecule has 31 heavy (non-hydrogen) atoms. The Balaban J connectivity index is 1.74. The second kappa shape index (κ2) is 14.9. The maximum Gasteiger partial charge on any atom is 0.159 e. The van der Waals surface area contributed by atoms with E-state index in [-0.39, 0.29) is 13.0 Å². The molecule has 0 saturated heterocycles. The molecule has 1 aromatic carbocycles. The van der Waals surface area contributed by atoms with Crippen LogP contribution in [0.15, 0.2) is 36.7 Å². The summed E-state index contributed by atoms with van der Waals surface area (Å²) < 4.78 is 33.0. The predicted molar refractivity (Wildman–Crippen MR) is 124 cm³/mol. The summed E-state index contributed by atoms with van der Waals surface area (Å²) in [4.78, 5) is 8.66. The van der Waals surface area contributed by atoms with E-state index in [9.17, 15) is 8.78 Å². The van der Waals surface area contributed by atoms with E-state index in [4.69, 9.17) is 4.74 Å². The molecule has 2 rings (SSSR count). The smallest absolute Gasteiger partial charge is 0.159 e. The van der Waals surface area contributed by atoms with Crippen LogP contribution in [-0.4, -0.2) is 28.9 Å². The molecule has 0 aliphatic carbocycles. The number of halogens is 2. The van der Waals surface area contributed by atoms with E-state index in [0.717, 1.165) is 24.8 Å². The molecule has 0 radical (unpaired) electrons. The van der Waals surface area contributed by atoms with Gasteiger partial charge in [0.15, 0.2) is 11.6 Å². The lowest BCUT2D eigenvalue weighted by Gasteiger charge is -2.13. The van der Waals surface area contributed by atoms with Gasteiger partial charge in [0.25, 0.3) is 0 Å². The van der Waals surface area contributed by atoms with Crippen molar-refractivity contribution in [3.05, 3.63) is 42.2 Å². The number of hydrogen-bond donors (Lipinski definition) is 0. The van der Waals surface area contributed by atoms with Crippen molar-refractivity contribution in [1.29, 1.82) is 0 Å². The van der Waals surface area contributed by atoms with Crippen LogP contribution in [-0.2, 0) is 6.42 Å². The van der Waals surface area contributed by atoms with Crippen LogP contribution in [0.25, 0.3) is 11.4 Å². The van der Waals surface area contributed by atoms with Gasteiger partial charge in [0.1, 0.15) is 19.0 Å². The Labute approximate surface area is 186 Å². The van der Waals surface area contributed by atoms with Gasteiger partial charge in [-0.15, -0.1) is 0 Å². The van der Waals surface area contributed by atoms with Gasteiger partial charge in [0, 0.05) is 12.0 Å². The number of benzene rings is 1. The fourth-order valence-corrected chi connectivity index (χ4v) is 3.55. The van der Waals surface area contributed by atoms with Crippen molar-refractivity contribution >= 4 is 0 Å². The van der Waals surface area contributed by atoms with Crippen LogP contribution in [0.1, 0.15) is 83.6 Å². The molecule has 172 valence electrons. The van der Waals surface area contributed by atoms with Crippen LogP contribution in [0, 0.1) is 0 Å². The number of alkyl halides is 2. The lowest BCUT2D eigenvalue weighted by atomic mass is 10.0. The zero-order valence-electron chi connectivity index (χ0n) is 19.2. The first kappa shape index (κ1) is 25.2. The predicted octanol–water partition coefficient (Wildman–Crippen LogP) is 7.68.